The van der Waals surface area contributed by atoms with Crippen molar-refractivity contribution in [2.24, 2.45) is 5.92 Å². The highest BCUT2D eigenvalue weighted by Gasteiger charge is 2.15. The van der Waals surface area contributed by atoms with Gasteiger partial charge in [-0.05, 0) is 12.3 Å². The van der Waals surface area contributed by atoms with Gasteiger partial charge in [0, 0.05) is 18.8 Å². The lowest BCUT2D eigenvalue weighted by Crippen LogP contribution is -2.06. The van der Waals surface area contributed by atoms with E-state index in [0.717, 1.165) is 42.3 Å². The number of fused-ring (bicyclic) bond motifs is 1. The molecule has 2 rings (SSSR count). The number of rotatable bonds is 8. The number of hydrogen-bond donors (Lipinski definition) is 0. The lowest BCUT2D eigenvalue weighted by Gasteiger charge is -2.09. The zero-order valence-electron chi connectivity index (χ0n) is 13.0. The highest BCUT2D eigenvalue weighted by Crippen LogP contribution is 2.23. The summed E-state index contributed by atoms with van der Waals surface area (Å²) in [4.78, 5) is 13.1. The summed E-state index contributed by atoms with van der Waals surface area (Å²) < 4.78 is 7.43. The fourth-order valence-corrected chi connectivity index (χ4v) is 2.61. The predicted octanol–water partition coefficient (Wildman–Crippen LogP) is 3.44. The van der Waals surface area contributed by atoms with Crippen LogP contribution in [0.1, 0.15) is 38.9 Å². The second-order valence-electron chi connectivity index (χ2n) is 5.56. The second kappa shape index (κ2) is 7.59. The molecule has 0 amide bonds. The van der Waals surface area contributed by atoms with Gasteiger partial charge in [0.15, 0.2) is 11.2 Å². The van der Waals surface area contributed by atoms with Gasteiger partial charge in [-0.2, -0.15) is 4.98 Å². The number of halogens is 1. The van der Waals surface area contributed by atoms with Crippen LogP contribution < -0.4 is 4.74 Å². The number of alkyl halides is 1. The van der Waals surface area contributed by atoms with Crippen LogP contribution in [0.5, 0.6) is 5.88 Å². The Kier molecular flexibility index (Phi) is 5.79. The van der Waals surface area contributed by atoms with Crippen molar-refractivity contribution < 1.29 is 4.74 Å². The van der Waals surface area contributed by atoms with Gasteiger partial charge in [0.2, 0.25) is 5.88 Å². The first-order chi connectivity index (χ1) is 10.2. The molecule has 0 N–H and O–H groups in total. The smallest absolute Gasteiger partial charge is 0.245 e. The molecule has 2 aromatic rings. The molecule has 0 spiro atoms. The molecule has 21 heavy (non-hydrogen) atoms. The van der Waals surface area contributed by atoms with Crippen molar-refractivity contribution in [2.75, 3.05) is 13.0 Å². The molecule has 0 atom stereocenters. The van der Waals surface area contributed by atoms with Crippen LogP contribution in [-0.2, 0) is 13.0 Å². The molecular weight excluding hydrogens is 288 g/mol. The Morgan fingerprint density at radius 1 is 1.29 bits per heavy atom. The number of aryl methyl sites for hydroxylation is 2. The van der Waals surface area contributed by atoms with E-state index in [4.69, 9.17) is 16.3 Å². The second-order valence-corrected chi connectivity index (χ2v) is 5.94. The standard InChI is InChI=1S/C15H23ClN4O/c1-11(2)6-4-5-9-20-12(7-8-16)19-13-14(20)17-10-18-15(13)21-3/h10-11H,4-9H2,1-3H3. The lowest BCUT2D eigenvalue weighted by molar-refractivity contribution is 0.401. The number of nitrogens with zero attached hydrogens (tertiary/aromatic N) is 4. The molecule has 0 fully saturated rings. The maximum atomic E-state index is 5.89. The van der Waals surface area contributed by atoms with Gasteiger partial charge in [0.05, 0.1) is 7.11 Å². The molecule has 116 valence electrons. The molecule has 0 radical (unpaired) electrons. The van der Waals surface area contributed by atoms with Crippen molar-refractivity contribution in [2.45, 2.75) is 46.1 Å². The topological polar surface area (TPSA) is 52.8 Å². The van der Waals surface area contributed by atoms with Gasteiger partial charge in [0.25, 0.3) is 0 Å². The average molecular weight is 311 g/mol. The first-order valence-electron chi connectivity index (χ1n) is 7.47. The third-order valence-electron chi connectivity index (χ3n) is 3.50. The first-order valence-corrected chi connectivity index (χ1v) is 8.00. The molecule has 5 nitrogen and oxygen atoms in total. The Bertz CT molecular complexity index is 582. The Balaban J connectivity index is 2.24. The quantitative estimate of drug-likeness (QED) is 0.553. The molecule has 0 aliphatic carbocycles. The lowest BCUT2D eigenvalue weighted by atomic mass is 10.1. The van der Waals surface area contributed by atoms with Gasteiger partial charge in [-0.3, -0.25) is 0 Å². The molecule has 0 saturated carbocycles. The number of unbranched alkanes of at least 4 members (excludes halogenated alkanes) is 1. The van der Waals surface area contributed by atoms with Crippen LogP contribution in [0.15, 0.2) is 6.33 Å². The van der Waals surface area contributed by atoms with E-state index in [9.17, 15) is 0 Å². The van der Waals surface area contributed by atoms with Crippen LogP contribution in [-0.4, -0.2) is 32.5 Å². The minimum atomic E-state index is 0.525. The summed E-state index contributed by atoms with van der Waals surface area (Å²) in [5.74, 6) is 2.78. The van der Waals surface area contributed by atoms with Gasteiger partial charge in [-0.15, -0.1) is 11.6 Å². The maximum absolute atomic E-state index is 5.89. The zero-order chi connectivity index (χ0) is 15.2. The molecular formula is C15H23ClN4O. The van der Waals surface area contributed by atoms with Gasteiger partial charge < -0.3 is 9.30 Å². The summed E-state index contributed by atoms with van der Waals surface area (Å²) >= 11 is 5.89. The van der Waals surface area contributed by atoms with Crippen LogP contribution in [0.3, 0.4) is 0 Å². The van der Waals surface area contributed by atoms with E-state index in [2.05, 4.69) is 33.4 Å². The summed E-state index contributed by atoms with van der Waals surface area (Å²) in [7, 11) is 1.60. The Hall–Kier alpha value is -1.36. The van der Waals surface area contributed by atoms with Crippen LogP contribution in [0.25, 0.3) is 11.2 Å². The van der Waals surface area contributed by atoms with E-state index < -0.39 is 0 Å². The molecule has 0 bridgehead atoms. The average Bonchev–Trinajstić information content (AvgIpc) is 2.81. The van der Waals surface area contributed by atoms with Gasteiger partial charge in [-0.1, -0.05) is 26.7 Å². The minimum Gasteiger partial charge on any atom is -0.479 e. The van der Waals surface area contributed by atoms with Crippen LogP contribution in [0.2, 0.25) is 0 Å². The zero-order valence-corrected chi connectivity index (χ0v) is 13.7. The number of hydrogen-bond acceptors (Lipinski definition) is 4. The van der Waals surface area contributed by atoms with Crippen molar-refractivity contribution in [3.05, 3.63) is 12.2 Å². The minimum absolute atomic E-state index is 0.525. The van der Waals surface area contributed by atoms with E-state index in [1.54, 1.807) is 7.11 Å². The SMILES string of the molecule is COc1ncnc2c1nc(CCCl)n2CCCCC(C)C. The summed E-state index contributed by atoms with van der Waals surface area (Å²) in [6.07, 6.45) is 5.82. The highest BCUT2D eigenvalue weighted by atomic mass is 35.5. The molecule has 0 aromatic carbocycles. The molecule has 2 aromatic heterocycles. The van der Waals surface area contributed by atoms with E-state index in [0.29, 0.717) is 11.8 Å². The molecule has 0 aliphatic heterocycles. The third-order valence-corrected chi connectivity index (χ3v) is 3.69. The summed E-state index contributed by atoms with van der Waals surface area (Å²) in [6, 6.07) is 0. The van der Waals surface area contributed by atoms with Gasteiger partial charge in [-0.25, -0.2) is 9.97 Å². The molecule has 2 heterocycles. The Morgan fingerprint density at radius 3 is 2.76 bits per heavy atom. The van der Waals surface area contributed by atoms with Gasteiger partial charge in [0.1, 0.15) is 12.2 Å². The predicted molar refractivity (Wildman–Crippen MR) is 85.0 cm³/mol. The normalized spacial score (nSPS) is 11.5. The molecule has 0 saturated heterocycles. The molecule has 0 unspecified atom stereocenters. The number of aromatic nitrogens is 4. The Labute approximate surface area is 130 Å². The number of imidazole rings is 1. The monoisotopic (exact) mass is 310 g/mol. The van der Waals surface area contributed by atoms with Crippen LogP contribution in [0, 0.1) is 5.92 Å². The summed E-state index contributed by atoms with van der Waals surface area (Å²) in [6.45, 7) is 5.42. The fraction of sp³-hybridized carbons (Fsp3) is 0.667. The number of methoxy groups -OCH3 is 1. The Morgan fingerprint density at radius 2 is 2.10 bits per heavy atom. The number of ether oxygens (including phenoxy) is 1. The van der Waals surface area contributed by atoms with Crippen molar-refractivity contribution in [3.63, 3.8) is 0 Å². The maximum Gasteiger partial charge on any atom is 0.245 e. The van der Waals surface area contributed by atoms with Crippen molar-refractivity contribution >= 4 is 22.8 Å². The van der Waals surface area contributed by atoms with Crippen LogP contribution in [0.4, 0.5) is 0 Å². The van der Waals surface area contributed by atoms with Crippen molar-refractivity contribution in [1.29, 1.82) is 0 Å². The van der Waals surface area contributed by atoms with E-state index in [1.807, 2.05) is 0 Å². The van der Waals surface area contributed by atoms with Crippen molar-refractivity contribution in [1.82, 2.24) is 19.5 Å². The van der Waals surface area contributed by atoms with Crippen LogP contribution >= 0.6 is 11.6 Å². The highest BCUT2D eigenvalue weighted by molar-refractivity contribution is 6.17. The summed E-state index contributed by atoms with van der Waals surface area (Å²) in [5.41, 5.74) is 1.57. The summed E-state index contributed by atoms with van der Waals surface area (Å²) in [5, 5.41) is 0. The van der Waals surface area contributed by atoms with E-state index >= 15 is 0 Å². The van der Waals surface area contributed by atoms with E-state index in [1.165, 1.54) is 19.2 Å². The molecule has 6 heteroatoms. The largest absolute Gasteiger partial charge is 0.479 e. The van der Waals surface area contributed by atoms with Crippen molar-refractivity contribution in [3.8, 4) is 5.88 Å². The fourth-order valence-electron chi connectivity index (χ4n) is 2.44. The van der Waals surface area contributed by atoms with E-state index in [-0.39, 0.29) is 0 Å². The molecule has 0 aliphatic rings. The first kappa shape index (κ1) is 16.0. The third kappa shape index (κ3) is 3.84. The van der Waals surface area contributed by atoms with Gasteiger partial charge >= 0.3 is 0 Å².